The summed E-state index contributed by atoms with van der Waals surface area (Å²) in [6.07, 6.45) is 3.36. The van der Waals surface area contributed by atoms with Crippen molar-refractivity contribution in [3.63, 3.8) is 0 Å². The van der Waals surface area contributed by atoms with Gasteiger partial charge in [0.15, 0.2) is 29.8 Å². The van der Waals surface area contributed by atoms with Gasteiger partial charge in [-0.3, -0.25) is 9.69 Å². The maximum absolute atomic E-state index is 13.3. The Kier molecular flexibility index (Phi) is 15.4. The molecule has 0 saturated carbocycles. The molecule has 2 aromatic carbocycles. The van der Waals surface area contributed by atoms with Crippen molar-refractivity contribution in [2.45, 2.75) is 51.2 Å². The molecule has 13 nitrogen and oxygen atoms in total. The van der Waals surface area contributed by atoms with Gasteiger partial charge in [0.25, 0.3) is 0 Å². The largest absolute Gasteiger partial charge is 0.493 e. The summed E-state index contributed by atoms with van der Waals surface area (Å²) in [5.41, 5.74) is 6.02. The maximum Gasteiger partial charge on any atom is 0.306 e. The minimum absolute atomic E-state index is 0.0470. The molecule has 14 heteroatoms. The zero-order chi connectivity index (χ0) is 37.9. The van der Waals surface area contributed by atoms with Gasteiger partial charge in [-0.1, -0.05) is 18.7 Å². The predicted molar refractivity (Wildman–Crippen MR) is 202 cm³/mol. The van der Waals surface area contributed by atoms with E-state index < -0.39 is 0 Å². The van der Waals surface area contributed by atoms with Gasteiger partial charge in [-0.15, -0.1) is 11.8 Å². The van der Waals surface area contributed by atoms with Crippen LogP contribution < -0.4 is 23.7 Å². The Hall–Kier alpha value is -3.24. The number of nitrogens with zero attached hydrogens (tertiary/aromatic N) is 2. The molecule has 0 bridgehead atoms. The lowest BCUT2D eigenvalue weighted by Gasteiger charge is -2.47. The Labute approximate surface area is 318 Å². The van der Waals surface area contributed by atoms with Gasteiger partial charge in [0.05, 0.1) is 58.0 Å². The van der Waals surface area contributed by atoms with Crippen molar-refractivity contribution in [3.8, 4) is 28.7 Å². The lowest BCUT2D eigenvalue weighted by Crippen LogP contribution is -2.51. The van der Waals surface area contributed by atoms with Crippen LogP contribution in [-0.2, 0) is 41.3 Å². The Morgan fingerprint density at radius 1 is 1.00 bits per heavy atom. The standard InChI is InChI=1S/C39H56N2O11S/c1-9-13-48-36-26(3)37-39(52-23-51-37)33-28(36)20-29-34(40(4)5)32-27(19-25(2)35(45-8)38(32)50-22-46-16-14-43-6)10-12-41(29)30(33)21-49-31(42)11-18-53-24-47-17-15-44-7/h9,19,29-30,34H,1,10-18,20-24H2,2-8H3. The van der Waals surface area contributed by atoms with Gasteiger partial charge in [0.1, 0.15) is 19.0 Å². The van der Waals surface area contributed by atoms with Crippen LogP contribution in [0.3, 0.4) is 0 Å². The van der Waals surface area contributed by atoms with Crippen molar-refractivity contribution in [2.24, 2.45) is 0 Å². The number of hydrogen-bond acceptors (Lipinski definition) is 14. The number of hydrogen-bond donors (Lipinski definition) is 0. The average molecular weight is 761 g/mol. The third kappa shape index (κ3) is 9.35. The maximum atomic E-state index is 13.3. The highest BCUT2D eigenvalue weighted by Crippen LogP contribution is 2.55. The first kappa shape index (κ1) is 40.9. The van der Waals surface area contributed by atoms with Crippen molar-refractivity contribution in [1.82, 2.24) is 9.80 Å². The fourth-order valence-corrected chi connectivity index (χ4v) is 8.26. The summed E-state index contributed by atoms with van der Waals surface area (Å²) >= 11 is 1.55. The number of carbonyl (C=O) groups is 1. The third-order valence-electron chi connectivity index (χ3n) is 9.83. The second-order valence-corrected chi connectivity index (χ2v) is 14.4. The van der Waals surface area contributed by atoms with Gasteiger partial charge in [0, 0.05) is 54.8 Å². The number of ether oxygens (including phenoxy) is 10. The molecule has 0 amide bonds. The quantitative estimate of drug-likeness (QED) is 0.0734. The van der Waals surface area contributed by atoms with Crippen LogP contribution in [0.4, 0.5) is 0 Å². The first-order valence-electron chi connectivity index (χ1n) is 18.1. The van der Waals surface area contributed by atoms with E-state index in [0.717, 1.165) is 45.6 Å². The molecule has 3 atom stereocenters. The number of likely N-dealkylation sites (N-methyl/N-ethyl adjacent to an activating group) is 1. The number of aryl methyl sites for hydroxylation is 1. The van der Waals surface area contributed by atoms with E-state index in [2.05, 4.69) is 36.5 Å². The molecular formula is C39H56N2O11S. The van der Waals surface area contributed by atoms with Crippen LogP contribution in [-0.4, -0.2) is 129 Å². The fraction of sp³-hybridized carbons (Fsp3) is 0.615. The van der Waals surface area contributed by atoms with Gasteiger partial charge in [0.2, 0.25) is 6.79 Å². The molecule has 2 aromatic rings. The molecule has 0 fully saturated rings. The van der Waals surface area contributed by atoms with Crippen molar-refractivity contribution in [2.75, 3.05) is 107 Å². The molecule has 294 valence electrons. The molecule has 0 radical (unpaired) electrons. The van der Waals surface area contributed by atoms with Gasteiger partial charge in [-0.25, -0.2) is 0 Å². The molecule has 0 aliphatic carbocycles. The van der Waals surface area contributed by atoms with E-state index in [1.165, 1.54) is 0 Å². The average Bonchev–Trinajstić information content (AvgIpc) is 3.57. The zero-order valence-corrected chi connectivity index (χ0v) is 33.1. The minimum atomic E-state index is -0.346. The van der Waals surface area contributed by atoms with Gasteiger partial charge >= 0.3 is 5.97 Å². The number of fused-ring (bicyclic) bond motifs is 5. The van der Waals surface area contributed by atoms with Crippen molar-refractivity contribution < 1.29 is 52.2 Å². The molecule has 3 heterocycles. The summed E-state index contributed by atoms with van der Waals surface area (Å²) < 4.78 is 58.8. The topological polar surface area (TPSA) is 116 Å². The molecule has 3 unspecified atom stereocenters. The Morgan fingerprint density at radius 3 is 2.47 bits per heavy atom. The first-order valence-corrected chi connectivity index (χ1v) is 19.2. The highest BCUT2D eigenvalue weighted by molar-refractivity contribution is 7.99. The third-order valence-corrected chi connectivity index (χ3v) is 10.7. The Balaban J connectivity index is 1.54. The molecule has 0 spiro atoms. The van der Waals surface area contributed by atoms with Crippen LogP contribution in [0.1, 0.15) is 51.9 Å². The smallest absolute Gasteiger partial charge is 0.306 e. The summed E-state index contributed by atoms with van der Waals surface area (Å²) in [6, 6.07) is 1.62. The molecule has 0 N–H and O–H groups in total. The van der Waals surface area contributed by atoms with E-state index in [1.54, 1.807) is 39.2 Å². The summed E-state index contributed by atoms with van der Waals surface area (Å²) in [6.45, 7) is 11.2. The molecule has 3 aliphatic rings. The zero-order valence-electron chi connectivity index (χ0n) is 32.3. The van der Waals surface area contributed by atoms with Gasteiger partial charge in [-0.05, 0) is 51.9 Å². The molecule has 0 aromatic heterocycles. The number of benzene rings is 2. The minimum Gasteiger partial charge on any atom is -0.493 e. The summed E-state index contributed by atoms with van der Waals surface area (Å²) in [5, 5.41) is 0. The SMILES string of the molecule is C=CCOc1c(C)c2c(c3c1CC1C(N(C)C)c4c(cc(C)c(OC)c4OCOCCOC)CCN1C3COC(=O)CCSCOCCOC)OCO2. The highest BCUT2D eigenvalue weighted by Gasteiger charge is 2.48. The van der Waals surface area contributed by atoms with Crippen LogP contribution in [0.5, 0.6) is 28.7 Å². The van der Waals surface area contributed by atoms with Gasteiger partial charge in [-0.2, -0.15) is 0 Å². The van der Waals surface area contributed by atoms with Crippen LogP contribution in [0.15, 0.2) is 18.7 Å². The van der Waals surface area contributed by atoms with Crippen molar-refractivity contribution in [3.05, 3.63) is 52.1 Å². The molecule has 3 aliphatic heterocycles. The van der Waals surface area contributed by atoms with E-state index >= 15 is 0 Å². The van der Waals surface area contributed by atoms with Crippen LogP contribution in [0.25, 0.3) is 0 Å². The lowest BCUT2D eigenvalue weighted by molar-refractivity contribution is -0.145. The normalized spacial score (nSPS) is 18.9. The van der Waals surface area contributed by atoms with E-state index in [4.69, 9.17) is 47.4 Å². The first-order chi connectivity index (χ1) is 25.8. The molecule has 53 heavy (non-hydrogen) atoms. The van der Waals surface area contributed by atoms with Crippen LogP contribution >= 0.6 is 11.8 Å². The second kappa shape index (κ2) is 19.9. The van der Waals surface area contributed by atoms with E-state index in [9.17, 15) is 4.79 Å². The molecule has 5 rings (SSSR count). The molecular weight excluding hydrogens is 704 g/mol. The number of carbonyl (C=O) groups excluding carboxylic acids is 1. The van der Waals surface area contributed by atoms with Crippen molar-refractivity contribution >= 4 is 17.7 Å². The monoisotopic (exact) mass is 760 g/mol. The van der Waals surface area contributed by atoms with Crippen LogP contribution in [0.2, 0.25) is 0 Å². The van der Waals surface area contributed by atoms with E-state index in [-0.39, 0.29) is 50.7 Å². The van der Waals surface area contributed by atoms with Gasteiger partial charge < -0.3 is 52.3 Å². The lowest BCUT2D eigenvalue weighted by atomic mass is 9.81. The second-order valence-electron chi connectivity index (χ2n) is 13.3. The Bertz CT molecular complexity index is 1550. The summed E-state index contributed by atoms with van der Waals surface area (Å²) in [5.74, 6) is 4.24. The summed E-state index contributed by atoms with van der Waals surface area (Å²) in [4.78, 5) is 18.0. The fourth-order valence-electron chi connectivity index (χ4n) is 7.60. The summed E-state index contributed by atoms with van der Waals surface area (Å²) in [7, 11) is 9.13. The van der Waals surface area contributed by atoms with E-state index in [0.29, 0.717) is 80.7 Å². The number of esters is 1. The van der Waals surface area contributed by atoms with E-state index in [1.807, 2.05) is 13.8 Å². The van der Waals surface area contributed by atoms with Crippen LogP contribution in [0, 0.1) is 13.8 Å². The van der Waals surface area contributed by atoms with Crippen molar-refractivity contribution in [1.29, 1.82) is 0 Å². The number of rotatable bonds is 21. The Morgan fingerprint density at radius 2 is 1.75 bits per heavy atom. The molecule has 0 saturated heterocycles. The number of methoxy groups -OCH3 is 3. The highest BCUT2D eigenvalue weighted by atomic mass is 32.2. The predicted octanol–water partition coefficient (Wildman–Crippen LogP) is 5.02. The number of thioether (sulfide) groups is 1.